The van der Waals surface area contributed by atoms with Gasteiger partial charge in [-0.1, -0.05) is 17.7 Å². The smallest absolute Gasteiger partial charge is 0.339 e. The Morgan fingerprint density at radius 3 is 2.32 bits per heavy atom. The van der Waals surface area contributed by atoms with Gasteiger partial charge in [-0.15, -0.1) is 0 Å². The molecular formula is C22H23ClO5. The van der Waals surface area contributed by atoms with E-state index >= 15 is 0 Å². The number of carbonyl (C=O) groups is 1. The number of carboxylic acid groups (broad SMARTS) is 1. The summed E-state index contributed by atoms with van der Waals surface area (Å²) in [6.45, 7) is 2.55. The molecule has 0 radical (unpaired) electrons. The fourth-order valence-electron chi connectivity index (χ4n) is 2.77. The number of rotatable bonds is 9. The van der Waals surface area contributed by atoms with Gasteiger partial charge in [-0.25, -0.2) is 4.79 Å². The van der Waals surface area contributed by atoms with Crippen LogP contribution in [0, 0.1) is 5.92 Å². The van der Waals surface area contributed by atoms with Gasteiger partial charge in [0.05, 0.1) is 13.7 Å². The van der Waals surface area contributed by atoms with Crippen LogP contribution in [0.1, 0.15) is 30.9 Å². The van der Waals surface area contributed by atoms with Gasteiger partial charge < -0.3 is 19.3 Å². The zero-order valence-electron chi connectivity index (χ0n) is 15.9. The minimum absolute atomic E-state index is 0.0848. The molecule has 148 valence electrons. The van der Waals surface area contributed by atoms with Crippen molar-refractivity contribution in [1.29, 1.82) is 0 Å². The lowest BCUT2D eigenvalue weighted by Crippen LogP contribution is -2.08. The van der Waals surface area contributed by atoms with E-state index in [0.29, 0.717) is 33.6 Å². The van der Waals surface area contributed by atoms with Crippen LogP contribution in [0.4, 0.5) is 0 Å². The maximum absolute atomic E-state index is 11.7. The molecule has 2 aromatic carbocycles. The Balaban J connectivity index is 1.74. The van der Waals surface area contributed by atoms with E-state index < -0.39 is 5.97 Å². The van der Waals surface area contributed by atoms with E-state index in [9.17, 15) is 9.90 Å². The average Bonchev–Trinajstić information content (AvgIpc) is 3.51. The third-order valence-electron chi connectivity index (χ3n) is 4.61. The van der Waals surface area contributed by atoms with Crippen LogP contribution in [0.15, 0.2) is 48.2 Å². The predicted octanol–water partition coefficient (Wildman–Crippen LogP) is 5.17. The summed E-state index contributed by atoms with van der Waals surface area (Å²) in [5, 5.41) is 10.1. The van der Waals surface area contributed by atoms with Gasteiger partial charge >= 0.3 is 5.97 Å². The maximum Gasteiger partial charge on any atom is 0.339 e. The van der Waals surface area contributed by atoms with Crippen LogP contribution < -0.4 is 9.47 Å². The first-order chi connectivity index (χ1) is 13.5. The van der Waals surface area contributed by atoms with Crippen molar-refractivity contribution in [1.82, 2.24) is 0 Å². The van der Waals surface area contributed by atoms with E-state index in [1.165, 1.54) is 20.0 Å². The highest BCUT2D eigenvalue weighted by Gasteiger charge is 2.22. The number of allylic oxidation sites excluding steroid dienone is 1. The predicted molar refractivity (Wildman–Crippen MR) is 108 cm³/mol. The third kappa shape index (κ3) is 5.20. The Morgan fingerprint density at radius 1 is 1.11 bits per heavy atom. The highest BCUT2D eigenvalue weighted by atomic mass is 35.5. The first-order valence-electron chi connectivity index (χ1n) is 9.10. The van der Waals surface area contributed by atoms with Gasteiger partial charge in [-0.05, 0) is 73.2 Å². The van der Waals surface area contributed by atoms with Crippen molar-refractivity contribution in [3.05, 3.63) is 64.4 Å². The molecule has 6 heteroatoms. The summed E-state index contributed by atoms with van der Waals surface area (Å²) in [7, 11) is 1.44. The second-order valence-corrected chi connectivity index (χ2v) is 7.19. The van der Waals surface area contributed by atoms with Gasteiger partial charge in [0.1, 0.15) is 29.4 Å². The topological polar surface area (TPSA) is 65.0 Å². The molecule has 1 fully saturated rings. The van der Waals surface area contributed by atoms with Crippen molar-refractivity contribution in [2.45, 2.75) is 26.4 Å². The Labute approximate surface area is 169 Å². The molecule has 0 bridgehead atoms. The summed E-state index contributed by atoms with van der Waals surface area (Å²) < 4.78 is 16.7. The van der Waals surface area contributed by atoms with Crippen molar-refractivity contribution in [3.8, 4) is 11.5 Å². The standard InChI is InChI=1S/C22H23ClO5/c1-14(26-2)21(22(24)25)20-10-5-17(23)11-16(20)13-28-19-8-6-18(7-9-19)27-12-15-3-4-15/h5-11,15H,3-4,12-13H2,1-2H3,(H,24,25). The van der Waals surface area contributed by atoms with Crippen LogP contribution in [-0.4, -0.2) is 24.8 Å². The van der Waals surface area contributed by atoms with Gasteiger partial charge in [0.25, 0.3) is 0 Å². The van der Waals surface area contributed by atoms with Crippen molar-refractivity contribution in [2.75, 3.05) is 13.7 Å². The Hall–Kier alpha value is -2.66. The average molecular weight is 403 g/mol. The lowest BCUT2D eigenvalue weighted by atomic mass is 9.99. The van der Waals surface area contributed by atoms with E-state index in [1.54, 1.807) is 25.1 Å². The fraction of sp³-hybridized carbons (Fsp3) is 0.318. The number of ether oxygens (including phenoxy) is 3. The number of halogens is 1. The van der Waals surface area contributed by atoms with Crippen LogP contribution >= 0.6 is 11.6 Å². The summed E-state index contributed by atoms with van der Waals surface area (Å²) in [4.78, 5) is 11.7. The molecule has 28 heavy (non-hydrogen) atoms. The Bertz CT molecular complexity index is 869. The van der Waals surface area contributed by atoms with Crippen LogP contribution in [-0.2, 0) is 16.1 Å². The molecule has 1 N–H and O–H groups in total. The molecule has 2 aromatic rings. The zero-order chi connectivity index (χ0) is 20.1. The molecule has 1 aliphatic carbocycles. The largest absolute Gasteiger partial charge is 0.500 e. The maximum atomic E-state index is 11.7. The zero-order valence-corrected chi connectivity index (χ0v) is 16.7. The molecule has 1 saturated carbocycles. The molecule has 0 spiro atoms. The Morgan fingerprint density at radius 2 is 1.75 bits per heavy atom. The molecule has 3 rings (SSSR count). The van der Waals surface area contributed by atoms with Gasteiger partial charge in [0.15, 0.2) is 0 Å². The third-order valence-corrected chi connectivity index (χ3v) is 4.84. The highest BCUT2D eigenvalue weighted by Crippen LogP contribution is 2.30. The van der Waals surface area contributed by atoms with Crippen molar-refractivity contribution < 1.29 is 24.1 Å². The first kappa shape index (κ1) is 20.1. The highest BCUT2D eigenvalue weighted by molar-refractivity contribution is 6.30. The molecule has 0 saturated heterocycles. The summed E-state index contributed by atoms with van der Waals surface area (Å²) in [6.07, 6.45) is 2.50. The van der Waals surface area contributed by atoms with E-state index in [-0.39, 0.29) is 12.2 Å². The second-order valence-electron chi connectivity index (χ2n) is 6.76. The Kier molecular flexibility index (Phi) is 6.47. The van der Waals surface area contributed by atoms with Gasteiger partial charge in [0, 0.05) is 5.02 Å². The number of carboxylic acids is 1. The van der Waals surface area contributed by atoms with E-state index in [1.807, 2.05) is 24.3 Å². The fourth-order valence-corrected chi connectivity index (χ4v) is 2.97. The molecule has 0 aromatic heterocycles. The van der Waals surface area contributed by atoms with E-state index in [0.717, 1.165) is 12.4 Å². The van der Waals surface area contributed by atoms with Crippen LogP contribution in [0.5, 0.6) is 11.5 Å². The molecule has 0 atom stereocenters. The normalized spacial score (nSPS) is 14.2. The van der Waals surface area contributed by atoms with Crippen LogP contribution in [0.3, 0.4) is 0 Å². The van der Waals surface area contributed by atoms with E-state index in [4.69, 9.17) is 25.8 Å². The molecule has 0 heterocycles. The lowest BCUT2D eigenvalue weighted by molar-refractivity contribution is -0.130. The molecule has 1 aliphatic rings. The van der Waals surface area contributed by atoms with Crippen LogP contribution in [0.25, 0.3) is 5.57 Å². The number of benzene rings is 2. The SMILES string of the molecule is COC(C)=C(C(=O)O)c1ccc(Cl)cc1COc1ccc(OCC2CC2)cc1. The van der Waals surface area contributed by atoms with Gasteiger partial charge in [0.2, 0.25) is 0 Å². The summed E-state index contributed by atoms with van der Waals surface area (Å²) in [5.41, 5.74) is 1.26. The number of hydrogen-bond acceptors (Lipinski definition) is 4. The number of hydrogen-bond donors (Lipinski definition) is 1. The quantitative estimate of drug-likeness (QED) is 0.463. The van der Waals surface area contributed by atoms with E-state index in [2.05, 4.69) is 0 Å². The molecular weight excluding hydrogens is 380 g/mol. The monoisotopic (exact) mass is 402 g/mol. The van der Waals surface area contributed by atoms with Gasteiger partial charge in [-0.3, -0.25) is 0 Å². The van der Waals surface area contributed by atoms with Crippen LogP contribution in [0.2, 0.25) is 5.02 Å². The summed E-state index contributed by atoms with van der Waals surface area (Å²) in [5.74, 6) is 1.42. The minimum Gasteiger partial charge on any atom is -0.500 e. The van der Waals surface area contributed by atoms with Gasteiger partial charge in [-0.2, -0.15) is 0 Å². The molecule has 0 aliphatic heterocycles. The van der Waals surface area contributed by atoms with Crippen molar-refractivity contribution in [2.24, 2.45) is 5.92 Å². The lowest BCUT2D eigenvalue weighted by Gasteiger charge is -2.14. The summed E-state index contributed by atoms with van der Waals surface area (Å²) in [6, 6.07) is 12.4. The minimum atomic E-state index is -1.07. The first-order valence-corrected chi connectivity index (χ1v) is 9.48. The van der Waals surface area contributed by atoms with Crippen molar-refractivity contribution in [3.63, 3.8) is 0 Å². The second kappa shape index (κ2) is 9.02. The number of methoxy groups -OCH3 is 1. The molecule has 0 unspecified atom stereocenters. The molecule has 5 nitrogen and oxygen atoms in total. The number of aliphatic carboxylic acids is 1. The molecule has 0 amide bonds. The van der Waals surface area contributed by atoms with Crippen molar-refractivity contribution >= 4 is 23.1 Å². The summed E-state index contributed by atoms with van der Waals surface area (Å²) >= 11 is 6.12.